The molecule has 6 nitrogen and oxygen atoms in total. The molecule has 0 saturated carbocycles. The van der Waals surface area contributed by atoms with Gasteiger partial charge in [0.05, 0.1) is 29.7 Å². The SMILES string of the molecule is Cc1cc(C(=O)O)ccc1NS(=O)(=O)CCOC(C)C. The van der Waals surface area contributed by atoms with Crippen molar-refractivity contribution in [3.05, 3.63) is 29.3 Å². The Kier molecular flexibility index (Phi) is 5.52. The van der Waals surface area contributed by atoms with Crippen molar-refractivity contribution in [3.8, 4) is 0 Å². The molecule has 0 aliphatic carbocycles. The van der Waals surface area contributed by atoms with Gasteiger partial charge in [0, 0.05) is 0 Å². The monoisotopic (exact) mass is 301 g/mol. The Hall–Kier alpha value is -1.60. The summed E-state index contributed by atoms with van der Waals surface area (Å²) in [5, 5.41) is 8.85. The molecule has 1 rings (SSSR count). The van der Waals surface area contributed by atoms with Gasteiger partial charge in [-0.3, -0.25) is 4.72 Å². The van der Waals surface area contributed by atoms with Gasteiger partial charge in [-0.25, -0.2) is 13.2 Å². The summed E-state index contributed by atoms with van der Waals surface area (Å²) >= 11 is 0. The number of nitrogens with one attached hydrogen (secondary N) is 1. The molecule has 2 N–H and O–H groups in total. The summed E-state index contributed by atoms with van der Waals surface area (Å²) < 4.78 is 31.3. The average molecular weight is 301 g/mol. The van der Waals surface area contributed by atoms with Crippen LogP contribution < -0.4 is 4.72 Å². The molecule has 0 atom stereocenters. The Morgan fingerprint density at radius 2 is 2.05 bits per heavy atom. The number of rotatable bonds is 7. The Labute approximate surface area is 118 Å². The van der Waals surface area contributed by atoms with Crippen LogP contribution in [-0.4, -0.2) is 38.0 Å². The molecule has 0 heterocycles. The molecule has 0 saturated heterocycles. The van der Waals surface area contributed by atoms with Gasteiger partial charge < -0.3 is 9.84 Å². The minimum Gasteiger partial charge on any atom is -0.478 e. The standard InChI is InChI=1S/C13H19NO5S/c1-9(2)19-6-7-20(17,18)14-12-5-4-11(13(15)16)8-10(12)3/h4-5,8-9,14H,6-7H2,1-3H3,(H,15,16). The van der Waals surface area contributed by atoms with Gasteiger partial charge in [-0.15, -0.1) is 0 Å². The van der Waals surface area contributed by atoms with E-state index in [1.165, 1.54) is 18.2 Å². The van der Waals surface area contributed by atoms with Gasteiger partial charge in [0.2, 0.25) is 10.0 Å². The maximum atomic E-state index is 11.8. The Morgan fingerprint density at radius 1 is 1.40 bits per heavy atom. The molecule has 0 unspecified atom stereocenters. The number of anilines is 1. The molecule has 0 radical (unpaired) electrons. The van der Waals surface area contributed by atoms with Crippen LogP contribution in [0, 0.1) is 6.92 Å². The summed E-state index contributed by atoms with van der Waals surface area (Å²) in [6, 6.07) is 4.22. The van der Waals surface area contributed by atoms with Crippen molar-refractivity contribution in [1.82, 2.24) is 0 Å². The highest BCUT2D eigenvalue weighted by molar-refractivity contribution is 7.92. The Bertz CT molecular complexity index is 580. The van der Waals surface area contributed by atoms with Crippen molar-refractivity contribution in [3.63, 3.8) is 0 Å². The second-order valence-corrected chi connectivity index (χ2v) is 6.52. The van der Waals surface area contributed by atoms with Crippen molar-refractivity contribution in [1.29, 1.82) is 0 Å². The number of benzene rings is 1. The first kappa shape index (κ1) is 16.5. The van der Waals surface area contributed by atoms with E-state index in [-0.39, 0.29) is 24.0 Å². The molecular formula is C13H19NO5S. The van der Waals surface area contributed by atoms with Crippen LogP contribution >= 0.6 is 0 Å². The molecule has 0 aliphatic heterocycles. The van der Waals surface area contributed by atoms with E-state index < -0.39 is 16.0 Å². The summed E-state index contributed by atoms with van der Waals surface area (Å²) in [6.07, 6.45) is -0.0261. The van der Waals surface area contributed by atoms with Crippen LogP contribution in [0.25, 0.3) is 0 Å². The van der Waals surface area contributed by atoms with E-state index in [0.29, 0.717) is 11.3 Å². The third kappa shape index (κ3) is 5.18. The minimum atomic E-state index is -3.51. The third-order valence-electron chi connectivity index (χ3n) is 2.54. The van der Waals surface area contributed by atoms with E-state index in [4.69, 9.17) is 9.84 Å². The number of carbonyl (C=O) groups is 1. The van der Waals surface area contributed by atoms with E-state index in [9.17, 15) is 13.2 Å². The van der Waals surface area contributed by atoms with Gasteiger partial charge in [0.1, 0.15) is 0 Å². The second-order valence-electron chi connectivity index (χ2n) is 4.68. The average Bonchev–Trinajstić information content (AvgIpc) is 2.30. The van der Waals surface area contributed by atoms with Crippen LogP contribution in [0.1, 0.15) is 29.8 Å². The predicted molar refractivity (Wildman–Crippen MR) is 76.6 cm³/mol. The smallest absolute Gasteiger partial charge is 0.335 e. The zero-order valence-corrected chi connectivity index (χ0v) is 12.5. The number of carboxylic acids is 1. The lowest BCUT2D eigenvalue weighted by Gasteiger charge is -2.12. The number of ether oxygens (including phenoxy) is 1. The van der Waals surface area contributed by atoms with Crippen molar-refractivity contribution < 1.29 is 23.1 Å². The summed E-state index contributed by atoms with van der Waals surface area (Å²) in [5.74, 6) is -1.20. The fourth-order valence-electron chi connectivity index (χ4n) is 1.52. The van der Waals surface area contributed by atoms with Crippen LogP contribution in [0.3, 0.4) is 0 Å². The lowest BCUT2D eigenvalue weighted by molar-refractivity contribution is 0.0696. The molecule has 20 heavy (non-hydrogen) atoms. The largest absolute Gasteiger partial charge is 0.478 e. The first-order valence-electron chi connectivity index (χ1n) is 6.17. The van der Waals surface area contributed by atoms with E-state index in [1.54, 1.807) is 6.92 Å². The Morgan fingerprint density at radius 3 is 2.55 bits per heavy atom. The molecular weight excluding hydrogens is 282 g/mol. The van der Waals surface area contributed by atoms with Crippen LogP contribution in [0.2, 0.25) is 0 Å². The summed E-state index contributed by atoms with van der Waals surface area (Å²) in [5.41, 5.74) is 1.05. The van der Waals surface area contributed by atoms with E-state index >= 15 is 0 Å². The van der Waals surface area contributed by atoms with Gasteiger partial charge in [0.25, 0.3) is 0 Å². The maximum Gasteiger partial charge on any atom is 0.335 e. The number of hydrogen-bond acceptors (Lipinski definition) is 4. The van der Waals surface area contributed by atoms with Crippen LogP contribution in [0.15, 0.2) is 18.2 Å². The zero-order valence-electron chi connectivity index (χ0n) is 11.7. The highest BCUT2D eigenvalue weighted by Crippen LogP contribution is 2.18. The van der Waals surface area contributed by atoms with E-state index in [0.717, 1.165) is 0 Å². The van der Waals surface area contributed by atoms with Gasteiger partial charge >= 0.3 is 5.97 Å². The molecule has 0 amide bonds. The molecule has 0 aromatic heterocycles. The molecule has 0 fully saturated rings. The van der Waals surface area contributed by atoms with Crippen molar-refractivity contribution >= 4 is 21.7 Å². The normalized spacial score (nSPS) is 11.6. The van der Waals surface area contributed by atoms with Gasteiger partial charge in [0.15, 0.2) is 0 Å². The van der Waals surface area contributed by atoms with Crippen LogP contribution in [0.5, 0.6) is 0 Å². The number of hydrogen-bond donors (Lipinski definition) is 2. The van der Waals surface area contributed by atoms with Gasteiger partial charge in [-0.05, 0) is 44.5 Å². The quantitative estimate of drug-likeness (QED) is 0.802. The van der Waals surface area contributed by atoms with Crippen molar-refractivity contribution in [2.24, 2.45) is 0 Å². The minimum absolute atomic E-state index is 0.0261. The molecule has 1 aromatic rings. The number of aromatic carboxylic acids is 1. The fraction of sp³-hybridized carbons (Fsp3) is 0.462. The van der Waals surface area contributed by atoms with Gasteiger partial charge in [-0.1, -0.05) is 0 Å². The predicted octanol–water partition coefficient (Wildman–Crippen LogP) is 1.86. The van der Waals surface area contributed by atoms with E-state index in [1.807, 2.05) is 13.8 Å². The molecule has 0 aliphatic rings. The van der Waals surface area contributed by atoms with Crippen molar-refractivity contribution in [2.45, 2.75) is 26.9 Å². The Balaban J connectivity index is 2.75. The molecule has 7 heteroatoms. The molecule has 112 valence electrons. The summed E-state index contributed by atoms with van der Waals surface area (Å²) in [7, 11) is -3.51. The van der Waals surface area contributed by atoms with Crippen LogP contribution in [-0.2, 0) is 14.8 Å². The van der Waals surface area contributed by atoms with E-state index in [2.05, 4.69) is 4.72 Å². The van der Waals surface area contributed by atoms with Crippen molar-refractivity contribution in [2.75, 3.05) is 17.1 Å². The number of sulfonamides is 1. The molecule has 0 spiro atoms. The maximum absolute atomic E-state index is 11.8. The summed E-state index contributed by atoms with van der Waals surface area (Å²) in [6.45, 7) is 5.41. The lowest BCUT2D eigenvalue weighted by Crippen LogP contribution is -2.22. The highest BCUT2D eigenvalue weighted by Gasteiger charge is 2.13. The molecule has 1 aromatic carbocycles. The first-order valence-corrected chi connectivity index (χ1v) is 7.82. The first-order chi connectivity index (χ1) is 9.21. The highest BCUT2D eigenvalue weighted by atomic mass is 32.2. The topological polar surface area (TPSA) is 92.7 Å². The third-order valence-corrected chi connectivity index (χ3v) is 3.78. The van der Waals surface area contributed by atoms with Gasteiger partial charge in [-0.2, -0.15) is 0 Å². The number of aryl methyl sites for hydroxylation is 1. The fourth-order valence-corrected chi connectivity index (χ4v) is 2.51. The van der Waals surface area contributed by atoms with Crippen LogP contribution in [0.4, 0.5) is 5.69 Å². The second kappa shape index (κ2) is 6.71. The molecule has 0 bridgehead atoms. The lowest BCUT2D eigenvalue weighted by atomic mass is 10.1. The summed E-state index contributed by atoms with van der Waals surface area (Å²) in [4.78, 5) is 10.8. The number of carboxylic acid groups (broad SMARTS) is 1. The zero-order chi connectivity index (χ0) is 15.3.